The Balaban J connectivity index is 0.000000142. The number of nitrogen functional groups attached to an aromatic ring is 2. The first-order valence-corrected chi connectivity index (χ1v) is 25.9. The number of amides is 1. The van der Waals surface area contributed by atoms with Crippen LogP contribution in [0.4, 0.5) is 26.2 Å². The highest BCUT2D eigenvalue weighted by Gasteiger charge is 2.52. The fourth-order valence-electron chi connectivity index (χ4n) is 8.86. The number of ether oxygens (including phenoxy) is 3. The van der Waals surface area contributed by atoms with Crippen molar-refractivity contribution in [1.82, 2.24) is 29.9 Å². The van der Waals surface area contributed by atoms with Crippen LogP contribution in [0.15, 0.2) is 96.3 Å². The fraction of sp³-hybridized carbons (Fsp3) is 0.362. The molecule has 1 saturated heterocycles. The van der Waals surface area contributed by atoms with E-state index in [-0.39, 0.29) is 33.3 Å². The summed E-state index contributed by atoms with van der Waals surface area (Å²) < 4.78 is 57.5. The number of fused-ring (bicyclic) bond motifs is 3. The van der Waals surface area contributed by atoms with Crippen LogP contribution < -0.4 is 36.6 Å². The SMILES string of the molecule is CC1(C)OB(c2cnc(N)cn2)OC1(C)C.Cc1cc2c(cc1-c1cnc(N)cn1)C(C)(C)CO2.Cc1cc2c(cc1-c1cnc(NC(=O)c3c(F)cccc3F)cn1)C(C)(C)CO2.Cc1cc2c(cc1Br)C(C)(C)CO2. The Labute approximate surface area is 457 Å². The molecule has 1 fully saturated rings. The van der Waals surface area contributed by atoms with Gasteiger partial charge in [0.25, 0.3) is 5.91 Å². The maximum Gasteiger partial charge on any atom is 0.516 e. The Hall–Kier alpha value is -7.09. The third kappa shape index (κ3) is 12.1. The highest BCUT2D eigenvalue weighted by molar-refractivity contribution is 9.10. The number of nitrogens with zero attached hydrogens (tertiary/aromatic N) is 6. The number of benzene rings is 4. The number of rotatable bonds is 5. The first-order valence-electron chi connectivity index (χ1n) is 25.1. The lowest BCUT2D eigenvalue weighted by atomic mass is 9.85. The molecule has 0 saturated carbocycles. The van der Waals surface area contributed by atoms with E-state index in [1.54, 1.807) is 18.6 Å². The first kappa shape index (κ1) is 56.1. The van der Waals surface area contributed by atoms with E-state index in [2.05, 4.69) is 137 Å². The standard InChI is InChI=1S/C22H19F2N3O2.C15H17N3O.C11H13BrO.C10H16BN3O2/c1-12-7-18-14(22(2,3)11-29-18)8-13(12)17-9-26-19(10-25-17)27-21(28)20-15(23)5-4-6-16(20)24;1-9-4-13-11(15(2,3)8-19-13)5-10(9)12-6-18-14(16)7-17-12;1-7-4-10-8(5-9(7)12)11(2,3)6-13-10;1-9(2)10(3,4)16-11(15-9)7-5-14-8(12)6-13-7/h4-10H,11H2,1-3H3,(H,26,27,28);4-7H,8H2,1-3H3,(H2,16,18);4-5H,6H2,1-3H3;5-6H,1-4H3,(H2,12,14). The average molecular weight is 1110 g/mol. The first-order chi connectivity index (χ1) is 36.1. The third-order valence-electron chi connectivity index (χ3n) is 14.4. The molecule has 3 aromatic heterocycles. The average Bonchev–Trinajstić information content (AvgIpc) is 4.03. The van der Waals surface area contributed by atoms with Crippen molar-refractivity contribution in [2.45, 2.75) is 117 Å². The van der Waals surface area contributed by atoms with Gasteiger partial charge < -0.3 is 40.3 Å². The van der Waals surface area contributed by atoms with Crippen molar-refractivity contribution in [1.29, 1.82) is 0 Å². The maximum atomic E-state index is 13.8. The van der Waals surface area contributed by atoms with Crippen LogP contribution in [0, 0.1) is 32.4 Å². The molecule has 11 rings (SSSR count). The second-order valence-corrected chi connectivity index (χ2v) is 23.4. The van der Waals surface area contributed by atoms with Crippen LogP contribution in [0.2, 0.25) is 0 Å². The lowest BCUT2D eigenvalue weighted by molar-refractivity contribution is 0.00578. The summed E-state index contributed by atoms with van der Waals surface area (Å²) in [6, 6.07) is 15.8. The molecular formula is C58H65BBrF2N9O6. The smallest absolute Gasteiger partial charge is 0.492 e. The number of hydrogen-bond donors (Lipinski definition) is 3. The van der Waals surface area contributed by atoms with Crippen LogP contribution in [0.1, 0.15) is 113 Å². The van der Waals surface area contributed by atoms with Gasteiger partial charge in [0, 0.05) is 54.7 Å². The minimum atomic E-state index is -0.939. The largest absolute Gasteiger partial charge is 0.516 e. The van der Waals surface area contributed by atoms with Crippen molar-refractivity contribution in [2.24, 2.45) is 0 Å². The molecule has 1 amide bonds. The van der Waals surface area contributed by atoms with Gasteiger partial charge in [0.1, 0.15) is 46.1 Å². The molecule has 15 nitrogen and oxygen atoms in total. The molecule has 0 atom stereocenters. The molecule has 7 aromatic rings. The van der Waals surface area contributed by atoms with Gasteiger partial charge >= 0.3 is 7.12 Å². The Bertz CT molecular complexity index is 3310. The number of nitrogens with two attached hydrogens (primary N) is 2. The van der Waals surface area contributed by atoms with Gasteiger partial charge in [-0.05, 0) is 114 Å². The molecule has 4 aliphatic rings. The van der Waals surface area contributed by atoms with Gasteiger partial charge in [-0.25, -0.2) is 23.7 Å². The molecule has 0 aliphatic carbocycles. The monoisotopic (exact) mass is 1110 g/mol. The van der Waals surface area contributed by atoms with E-state index >= 15 is 0 Å². The molecule has 5 N–H and O–H groups in total. The van der Waals surface area contributed by atoms with Crippen LogP contribution >= 0.6 is 15.9 Å². The number of nitrogens with one attached hydrogen (secondary N) is 1. The molecule has 77 heavy (non-hydrogen) atoms. The second kappa shape index (κ2) is 21.4. The van der Waals surface area contributed by atoms with Crippen LogP contribution in [0.5, 0.6) is 17.2 Å². The van der Waals surface area contributed by atoms with Crippen molar-refractivity contribution in [3.8, 4) is 39.8 Å². The van der Waals surface area contributed by atoms with Gasteiger partial charge in [-0.15, -0.1) is 0 Å². The number of carbonyl (C=O) groups excluding carboxylic acids is 1. The third-order valence-corrected chi connectivity index (χ3v) is 15.2. The van der Waals surface area contributed by atoms with Gasteiger partial charge in [-0.2, -0.15) is 0 Å². The van der Waals surface area contributed by atoms with Gasteiger partial charge in [-0.3, -0.25) is 19.7 Å². The molecule has 4 aromatic carbocycles. The zero-order chi connectivity index (χ0) is 56.0. The van der Waals surface area contributed by atoms with E-state index in [1.807, 2.05) is 40.7 Å². The van der Waals surface area contributed by atoms with E-state index in [9.17, 15) is 13.6 Å². The predicted molar refractivity (Wildman–Crippen MR) is 300 cm³/mol. The minimum absolute atomic E-state index is 0.0407. The summed E-state index contributed by atoms with van der Waals surface area (Å²) in [6.45, 7) is 29.2. The maximum absolute atomic E-state index is 13.8. The second-order valence-electron chi connectivity index (χ2n) is 22.6. The van der Waals surface area contributed by atoms with E-state index in [4.69, 9.17) is 35.0 Å². The van der Waals surface area contributed by atoms with Crippen molar-refractivity contribution < 1.29 is 37.1 Å². The molecule has 0 unspecified atom stereocenters. The molecular weight excluding hydrogens is 1050 g/mol. The lowest BCUT2D eigenvalue weighted by Crippen LogP contribution is -2.41. The number of anilines is 3. The van der Waals surface area contributed by atoms with E-state index in [0.29, 0.717) is 29.5 Å². The Kier molecular flexibility index (Phi) is 15.6. The summed E-state index contributed by atoms with van der Waals surface area (Å²) in [5.74, 6) is 1.03. The lowest BCUT2D eigenvalue weighted by Gasteiger charge is -2.32. The van der Waals surface area contributed by atoms with Crippen molar-refractivity contribution in [3.05, 3.63) is 147 Å². The van der Waals surface area contributed by atoms with E-state index in [1.165, 1.54) is 45.8 Å². The van der Waals surface area contributed by atoms with Gasteiger partial charge in [-0.1, -0.05) is 63.5 Å². The quantitative estimate of drug-likeness (QED) is 0.137. The Morgan fingerprint density at radius 2 is 1.00 bits per heavy atom. The van der Waals surface area contributed by atoms with Gasteiger partial charge in [0.05, 0.1) is 79.0 Å². The van der Waals surface area contributed by atoms with Crippen molar-refractivity contribution in [2.75, 3.05) is 36.6 Å². The minimum Gasteiger partial charge on any atom is -0.492 e. The zero-order valence-corrected chi connectivity index (χ0v) is 47.4. The summed E-state index contributed by atoms with van der Waals surface area (Å²) in [5.41, 5.74) is 20.9. The van der Waals surface area contributed by atoms with Crippen LogP contribution in [-0.4, -0.2) is 74.0 Å². The fourth-order valence-corrected chi connectivity index (χ4v) is 9.20. The van der Waals surface area contributed by atoms with Crippen LogP contribution in [-0.2, 0) is 25.6 Å². The van der Waals surface area contributed by atoms with Crippen LogP contribution in [0.25, 0.3) is 22.5 Å². The number of halogens is 3. The summed E-state index contributed by atoms with van der Waals surface area (Å²) in [7, 11) is -0.474. The molecule has 19 heteroatoms. The molecule has 0 radical (unpaired) electrons. The number of aromatic nitrogens is 6. The summed E-state index contributed by atoms with van der Waals surface area (Å²) in [6.07, 6.45) is 9.26. The van der Waals surface area contributed by atoms with E-state index in [0.717, 1.165) is 76.1 Å². The predicted octanol–water partition coefficient (Wildman–Crippen LogP) is 11.1. The van der Waals surface area contributed by atoms with Gasteiger partial charge in [0.2, 0.25) is 0 Å². The highest BCUT2D eigenvalue weighted by Crippen LogP contribution is 2.44. The number of hydrogen-bond acceptors (Lipinski definition) is 14. The normalized spacial score (nSPS) is 17.0. The number of aryl methyl sites for hydroxylation is 3. The van der Waals surface area contributed by atoms with E-state index < -0.39 is 30.2 Å². The molecule has 0 bridgehead atoms. The summed E-state index contributed by atoms with van der Waals surface area (Å²) in [5, 5.41) is 2.38. The van der Waals surface area contributed by atoms with Crippen molar-refractivity contribution >= 4 is 52.0 Å². The molecule has 4 aliphatic heterocycles. The van der Waals surface area contributed by atoms with Gasteiger partial charge in [0.15, 0.2) is 5.82 Å². The van der Waals surface area contributed by atoms with Crippen LogP contribution in [0.3, 0.4) is 0 Å². The number of carbonyl (C=O) groups is 1. The zero-order valence-electron chi connectivity index (χ0n) is 45.8. The Morgan fingerprint density at radius 1 is 0.571 bits per heavy atom. The topological polar surface area (TPSA) is 205 Å². The molecule has 402 valence electrons. The molecule has 7 heterocycles. The summed E-state index contributed by atoms with van der Waals surface area (Å²) >= 11 is 3.54. The van der Waals surface area contributed by atoms with Crippen molar-refractivity contribution in [3.63, 3.8) is 0 Å². The Morgan fingerprint density at radius 3 is 1.43 bits per heavy atom. The summed E-state index contributed by atoms with van der Waals surface area (Å²) in [4.78, 5) is 37.3. The highest BCUT2D eigenvalue weighted by atomic mass is 79.9. The molecule has 0 spiro atoms.